The van der Waals surface area contributed by atoms with Crippen molar-refractivity contribution in [3.63, 3.8) is 0 Å². The lowest BCUT2D eigenvalue weighted by Crippen LogP contribution is -2.41. The van der Waals surface area contributed by atoms with Crippen LogP contribution in [0.2, 0.25) is 0 Å². The van der Waals surface area contributed by atoms with Gasteiger partial charge in [-0.25, -0.2) is 14.4 Å². The molecule has 0 aromatic heterocycles. The van der Waals surface area contributed by atoms with E-state index in [1.165, 1.54) is 5.56 Å². The molecule has 13 nitrogen and oxygen atoms in total. The standard InChI is InChI=1S/C17H27NO3.C16H25NO4.C16H23NO3/c1-5-15(18-16(19)21-17(2,3)4)11-12-20-13-14-9-7-6-8-10-14;1-16(2,3)21-15(19)17-14(11-18)9-10-20-12-13-7-5-4-6-8-13;1-16(2,3)20-15(18)17-11-14(17)9-10-19-12-13-7-5-4-6-8-13/h6-10,15H,5,11-13H2,1-4H3,(H,18,19);4-8,14,18H,9-12H2,1-3H3,(H,17,19);4-8,14H,9-12H2,1-3H3/t15-;14-;14-,17?/m100/s1. The van der Waals surface area contributed by atoms with Crippen molar-refractivity contribution in [2.75, 3.05) is 33.0 Å². The first-order valence-corrected chi connectivity index (χ1v) is 21.7. The molecule has 3 N–H and O–H groups in total. The second-order valence-corrected chi connectivity index (χ2v) is 18.0. The Morgan fingerprint density at radius 3 is 1.34 bits per heavy atom. The molecule has 0 spiro atoms. The first-order chi connectivity index (χ1) is 29.3. The molecule has 3 aromatic rings. The molecule has 1 aliphatic rings. The van der Waals surface area contributed by atoms with Crippen LogP contribution in [0.1, 0.15) is 112 Å². The minimum absolute atomic E-state index is 0.0793. The second kappa shape index (κ2) is 28.1. The first-order valence-electron chi connectivity index (χ1n) is 21.7. The van der Waals surface area contributed by atoms with E-state index < -0.39 is 22.9 Å². The minimum Gasteiger partial charge on any atom is -0.444 e. The molecule has 3 amide bonds. The summed E-state index contributed by atoms with van der Waals surface area (Å²) in [6.07, 6.45) is 1.93. The van der Waals surface area contributed by atoms with Gasteiger partial charge in [-0.3, -0.25) is 0 Å². The number of aliphatic hydroxyl groups is 1. The summed E-state index contributed by atoms with van der Waals surface area (Å²) < 4.78 is 32.5. The normalized spacial score (nSPS) is 14.4. The molecular formula is C49H75N3O10. The van der Waals surface area contributed by atoms with Gasteiger partial charge in [0.05, 0.1) is 38.5 Å². The van der Waals surface area contributed by atoms with Crippen LogP contribution in [-0.4, -0.2) is 96.2 Å². The van der Waals surface area contributed by atoms with Crippen molar-refractivity contribution in [1.29, 1.82) is 0 Å². The number of rotatable bonds is 19. The van der Waals surface area contributed by atoms with Gasteiger partial charge < -0.3 is 49.1 Å². The van der Waals surface area contributed by atoms with Gasteiger partial charge in [-0.05, 0) is 105 Å². The fraction of sp³-hybridized carbons (Fsp3) is 0.571. The van der Waals surface area contributed by atoms with Gasteiger partial charge >= 0.3 is 18.3 Å². The first kappa shape index (κ1) is 53.4. The number of hydrogen-bond donors (Lipinski definition) is 3. The molecule has 1 aliphatic heterocycles. The van der Waals surface area contributed by atoms with E-state index in [0.717, 1.165) is 36.9 Å². The van der Waals surface area contributed by atoms with Crippen molar-refractivity contribution < 1.29 is 47.9 Å². The van der Waals surface area contributed by atoms with Crippen LogP contribution in [0, 0.1) is 0 Å². The summed E-state index contributed by atoms with van der Waals surface area (Å²) in [6.45, 7) is 22.8. The Balaban J connectivity index is 0.000000320. The molecule has 3 aromatic carbocycles. The molecule has 346 valence electrons. The molecule has 62 heavy (non-hydrogen) atoms. The van der Waals surface area contributed by atoms with Crippen molar-refractivity contribution >= 4 is 18.3 Å². The van der Waals surface area contributed by atoms with Gasteiger partial charge in [-0.15, -0.1) is 0 Å². The third-order valence-corrected chi connectivity index (χ3v) is 8.65. The number of carbonyl (C=O) groups excluding carboxylic acids is 3. The van der Waals surface area contributed by atoms with Gasteiger partial charge in [0.25, 0.3) is 0 Å². The molecule has 0 radical (unpaired) electrons. The van der Waals surface area contributed by atoms with Crippen molar-refractivity contribution in [3.8, 4) is 0 Å². The number of alkyl carbamates (subject to hydrolysis) is 2. The summed E-state index contributed by atoms with van der Waals surface area (Å²) in [4.78, 5) is 36.8. The molecule has 0 bridgehead atoms. The Kier molecular flexibility index (Phi) is 24.2. The number of nitrogens with one attached hydrogen (secondary N) is 2. The number of amides is 3. The summed E-state index contributed by atoms with van der Waals surface area (Å²) in [6, 6.07) is 30.0. The molecule has 0 saturated carbocycles. The quantitative estimate of drug-likeness (QED) is 0.0603. The molecule has 0 aliphatic carbocycles. The minimum atomic E-state index is -0.548. The van der Waals surface area contributed by atoms with E-state index in [2.05, 4.69) is 10.6 Å². The average Bonchev–Trinajstić information content (AvgIpc) is 3.98. The van der Waals surface area contributed by atoms with Crippen molar-refractivity contribution in [2.45, 2.75) is 150 Å². The third-order valence-electron chi connectivity index (χ3n) is 8.65. The predicted octanol–water partition coefficient (Wildman–Crippen LogP) is 9.59. The van der Waals surface area contributed by atoms with Gasteiger partial charge in [0.2, 0.25) is 0 Å². The van der Waals surface area contributed by atoms with E-state index in [1.807, 2.05) is 139 Å². The van der Waals surface area contributed by atoms with E-state index in [4.69, 9.17) is 28.4 Å². The van der Waals surface area contributed by atoms with Crippen LogP contribution in [0.3, 0.4) is 0 Å². The zero-order chi connectivity index (χ0) is 46.0. The highest BCUT2D eigenvalue weighted by molar-refractivity contribution is 5.71. The lowest BCUT2D eigenvalue weighted by atomic mass is 10.1. The van der Waals surface area contributed by atoms with Crippen molar-refractivity contribution in [2.24, 2.45) is 0 Å². The molecule has 0 unspecified atom stereocenters. The fourth-order valence-electron chi connectivity index (χ4n) is 5.47. The lowest BCUT2D eigenvalue weighted by molar-refractivity contribution is 0.0393. The summed E-state index contributed by atoms with van der Waals surface area (Å²) in [7, 11) is 0. The van der Waals surface area contributed by atoms with Gasteiger partial charge in [0, 0.05) is 32.4 Å². The molecular weight excluding hydrogens is 791 g/mol. The number of ether oxygens (including phenoxy) is 6. The van der Waals surface area contributed by atoms with Crippen LogP contribution in [-0.2, 0) is 48.2 Å². The number of hydrogen-bond acceptors (Lipinski definition) is 10. The van der Waals surface area contributed by atoms with E-state index in [-0.39, 0.29) is 36.9 Å². The highest BCUT2D eigenvalue weighted by Gasteiger charge is 2.40. The maximum atomic E-state index is 11.7. The van der Waals surface area contributed by atoms with Crippen LogP contribution in [0.4, 0.5) is 14.4 Å². The summed E-state index contributed by atoms with van der Waals surface area (Å²) in [5, 5.41) is 14.8. The Morgan fingerprint density at radius 1 is 0.597 bits per heavy atom. The molecule has 13 heteroatoms. The smallest absolute Gasteiger partial charge is 0.410 e. The van der Waals surface area contributed by atoms with Gasteiger partial charge in [-0.1, -0.05) is 97.9 Å². The van der Waals surface area contributed by atoms with E-state index in [0.29, 0.717) is 46.1 Å². The highest BCUT2D eigenvalue weighted by Crippen LogP contribution is 2.24. The summed E-state index contributed by atoms with van der Waals surface area (Å²) in [5.74, 6) is 0. The average molecular weight is 866 g/mol. The van der Waals surface area contributed by atoms with E-state index >= 15 is 0 Å². The van der Waals surface area contributed by atoms with Crippen LogP contribution in [0.25, 0.3) is 0 Å². The topological polar surface area (TPSA) is 154 Å². The number of aliphatic hydroxyl groups excluding tert-OH is 1. The second-order valence-electron chi connectivity index (χ2n) is 18.0. The Labute approximate surface area is 371 Å². The number of carbonyl (C=O) groups is 3. The van der Waals surface area contributed by atoms with E-state index in [1.54, 1.807) is 25.7 Å². The maximum absolute atomic E-state index is 11.7. The number of nitrogens with zero attached hydrogens (tertiary/aromatic N) is 1. The zero-order valence-corrected chi connectivity index (χ0v) is 38.9. The van der Waals surface area contributed by atoms with Gasteiger partial charge in [-0.2, -0.15) is 0 Å². The van der Waals surface area contributed by atoms with Gasteiger partial charge in [0.15, 0.2) is 0 Å². The molecule has 1 fully saturated rings. The van der Waals surface area contributed by atoms with Crippen molar-refractivity contribution in [1.82, 2.24) is 15.5 Å². The van der Waals surface area contributed by atoms with Crippen LogP contribution < -0.4 is 10.6 Å². The predicted molar refractivity (Wildman–Crippen MR) is 243 cm³/mol. The summed E-state index contributed by atoms with van der Waals surface area (Å²) >= 11 is 0. The largest absolute Gasteiger partial charge is 0.444 e. The lowest BCUT2D eigenvalue weighted by Gasteiger charge is -2.23. The summed E-state index contributed by atoms with van der Waals surface area (Å²) in [5.41, 5.74) is 1.99. The number of benzene rings is 3. The zero-order valence-electron chi connectivity index (χ0n) is 38.9. The van der Waals surface area contributed by atoms with Crippen LogP contribution in [0.15, 0.2) is 91.0 Å². The molecule has 1 heterocycles. The highest BCUT2D eigenvalue weighted by atomic mass is 16.6. The maximum Gasteiger partial charge on any atom is 0.410 e. The third kappa shape index (κ3) is 27.3. The Morgan fingerprint density at radius 2 is 0.968 bits per heavy atom. The fourth-order valence-corrected chi connectivity index (χ4v) is 5.47. The van der Waals surface area contributed by atoms with Crippen LogP contribution in [0.5, 0.6) is 0 Å². The molecule has 4 rings (SSSR count). The molecule has 3 atom stereocenters. The monoisotopic (exact) mass is 866 g/mol. The van der Waals surface area contributed by atoms with Crippen molar-refractivity contribution in [3.05, 3.63) is 108 Å². The molecule has 1 saturated heterocycles. The van der Waals surface area contributed by atoms with Gasteiger partial charge in [0.1, 0.15) is 16.8 Å². The van der Waals surface area contributed by atoms with Crippen LogP contribution >= 0.6 is 0 Å². The Hall–Kier alpha value is -4.69. The SMILES string of the molecule is CC(C)(C)OC(=O)N1C[C@@H]1CCOCc1ccccc1.CC(C)(C)OC(=O)N[C@H](CO)CCOCc1ccccc1.CC[C@H](CCOCc1ccccc1)NC(=O)OC(C)(C)C. The van der Waals surface area contributed by atoms with E-state index in [9.17, 15) is 19.5 Å². The Bertz CT molecular complexity index is 1580.